The average Bonchev–Trinajstić information content (AvgIpc) is 3.06. The van der Waals surface area contributed by atoms with Crippen molar-refractivity contribution in [3.8, 4) is 0 Å². The van der Waals surface area contributed by atoms with Gasteiger partial charge in [-0.05, 0) is 32.9 Å². The third kappa shape index (κ3) is 4.97. The van der Waals surface area contributed by atoms with Gasteiger partial charge in [0, 0.05) is 31.9 Å². The lowest BCUT2D eigenvalue weighted by atomic mass is 10.2. The van der Waals surface area contributed by atoms with E-state index in [1.807, 2.05) is 29.1 Å². The van der Waals surface area contributed by atoms with Crippen LogP contribution in [0.1, 0.15) is 27.2 Å². The maximum Gasteiger partial charge on any atom is 0.411 e. The number of amides is 2. The highest BCUT2D eigenvalue weighted by molar-refractivity contribution is 5.86. The van der Waals surface area contributed by atoms with Gasteiger partial charge in [-0.25, -0.2) is 9.18 Å². The number of hydrogen-bond donors (Lipinski definition) is 1. The molecule has 0 aliphatic carbocycles. The maximum absolute atomic E-state index is 13.7. The summed E-state index contributed by atoms with van der Waals surface area (Å²) in [6.45, 7) is 6.14. The van der Waals surface area contributed by atoms with E-state index in [1.54, 1.807) is 20.8 Å². The van der Waals surface area contributed by atoms with Crippen LogP contribution in [0.3, 0.4) is 0 Å². The molecule has 23 heavy (non-hydrogen) atoms. The molecule has 0 unspecified atom stereocenters. The molecule has 0 spiro atoms. The van der Waals surface area contributed by atoms with Crippen molar-refractivity contribution in [1.29, 1.82) is 0 Å². The van der Waals surface area contributed by atoms with Crippen molar-refractivity contribution in [2.24, 2.45) is 0 Å². The van der Waals surface area contributed by atoms with Gasteiger partial charge in [-0.15, -0.1) is 0 Å². The van der Waals surface area contributed by atoms with Gasteiger partial charge in [0.2, 0.25) is 5.91 Å². The molecule has 2 heterocycles. The number of ether oxygens (including phenoxy) is 1. The first-order valence-electron chi connectivity index (χ1n) is 7.78. The van der Waals surface area contributed by atoms with Crippen LogP contribution >= 0.6 is 0 Å². The first-order valence-corrected chi connectivity index (χ1v) is 7.78. The molecule has 128 valence electrons. The highest BCUT2D eigenvalue weighted by Gasteiger charge is 2.41. The minimum Gasteiger partial charge on any atom is -0.444 e. The van der Waals surface area contributed by atoms with Crippen molar-refractivity contribution >= 4 is 12.0 Å². The predicted octanol–water partition coefficient (Wildman–Crippen LogP) is 1.95. The Hall–Kier alpha value is -2.05. The van der Waals surface area contributed by atoms with Gasteiger partial charge in [-0.3, -0.25) is 9.69 Å². The van der Waals surface area contributed by atoms with Gasteiger partial charge >= 0.3 is 6.09 Å². The summed E-state index contributed by atoms with van der Waals surface area (Å²) in [5.41, 5.74) is -0.680. The third-order valence-electron chi connectivity index (χ3n) is 3.52. The van der Waals surface area contributed by atoms with E-state index in [0.717, 1.165) is 0 Å². The Labute approximate surface area is 135 Å². The van der Waals surface area contributed by atoms with Gasteiger partial charge in [0.05, 0.1) is 6.54 Å². The summed E-state index contributed by atoms with van der Waals surface area (Å²) in [5, 5.41) is 2.76. The fourth-order valence-electron chi connectivity index (χ4n) is 2.50. The number of alkyl halides is 1. The van der Waals surface area contributed by atoms with Gasteiger partial charge < -0.3 is 14.6 Å². The zero-order chi connectivity index (χ0) is 17.0. The molecule has 1 aromatic heterocycles. The van der Waals surface area contributed by atoms with Gasteiger partial charge in [-0.2, -0.15) is 0 Å². The molecule has 0 aromatic carbocycles. The molecule has 2 atom stereocenters. The molecule has 0 radical (unpaired) electrons. The normalized spacial score (nSPS) is 21.3. The van der Waals surface area contributed by atoms with E-state index in [-0.39, 0.29) is 18.9 Å². The molecule has 1 saturated heterocycles. The average molecular weight is 325 g/mol. The Morgan fingerprint density at radius 2 is 1.96 bits per heavy atom. The molecule has 7 heteroatoms. The first-order chi connectivity index (χ1) is 10.8. The molecule has 2 amide bonds. The second-order valence-corrected chi connectivity index (χ2v) is 6.69. The number of rotatable bonds is 4. The lowest BCUT2D eigenvalue weighted by Gasteiger charge is -2.27. The Balaban J connectivity index is 1.89. The maximum atomic E-state index is 13.7. The Bertz CT molecular complexity index is 539. The van der Waals surface area contributed by atoms with Crippen LogP contribution < -0.4 is 5.32 Å². The van der Waals surface area contributed by atoms with E-state index in [1.165, 1.54) is 4.90 Å². The molecular formula is C16H24FN3O3. The van der Waals surface area contributed by atoms with Crippen molar-refractivity contribution in [3.63, 3.8) is 0 Å². The number of halogens is 1. The van der Waals surface area contributed by atoms with Gasteiger partial charge in [0.15, 0.2) is 0 Å². The molecule has 6 nitrogen and oxygen atoms in total. The molecule has 1 fully saturated rings. The quantitative estimate of drug-likeness (QED) is 0.920. The Kier molecular flexibility index (Phi) is 5.28. The number of nitrogens with one attached hydrogen (secondary N) is 1. The fourth-order valence-corrected chi connectivity index (χ4v) is 2.50. The van der Waals surface area contributed by atoms with Crippen molar-refractivity contribution in [2.45, 2.75) is 51.6 Å². The Morgan fingerprint density at radius 1 is 1.30 bits per heavy atom. The summed E-state index contributed by atoms with van der Waals surface area (Å²) in [7, 11) is 0. The minimum atomic E-state index is -1.21. The molecule has 0 saturated carbocycles. The third-order valence-corrected chi connectivity index (χ3v) is 3.52. The Morgan fingerprint density at radius 3 is 2.57 bits per heavy atom. The highest BCUT2D eigenvalue weighted by Crippen LogP contribution is 2.23. The number of likely N-dealkylation sites (tertiary alicyclic amines) is 1. The summed E-state index contributed by atoms with van der Waals surface area (Å²) in [6, 6.07) is 2.98. The van der Waals surface area contributed by atoms with Crippen LogP contribution in [-0.4, -0.2) is 52.4 Å². The number of hydrogen-bond acceptors (Lipinski definition) is 3. The van der Waals surface area contributed by atoms with Gasteiger partial charge in [0.1, 0.15) is 17.8 Å². The first kappa shape index (κ1) is 17.3. The number of carbonyl (C=O) groups excluding carboxylic acids is 2. The molecule has 1 aliphatic rings. The molecule has 1 aliphatic heterocycles. The SMILES string of the molecule is CC(C)(C)OC(=O)N1C[C@@H](F)C[C@@H]1C(=O)NCCn1cccc1. The van der Waals surface area contributed by atoms with E-state index < -0.39 is 23.9 Å². The van der Waals surface area contributed by atoms with Crippen LogP contribution in [0.2, 0.25) is 0 Å². The highest BCUT2D eigenvalue weighted by atomic mass is 19.1. The number of nitrogens with zero attached hydrogens (tertiary/aromatic N) is 2. The molecule has 1 N–H and O–H groups in total. The lowest BCUT2D eigenvalue weighted by Crippen LogP contribution is -2.48. The van der Waals surface area contributed by atoms with Gasteiger partial charge in [-0.1, -0.05) is 0 Å². The van der Waals surface area contributed by atoms with Crippen LogP contribution in [0.15, 0.2) is 24.5 Å². The van der Waals surface area contributed by atoms with Crippen LogP contribution in [0.25, 0.3) is 0 Å². The zero-order valence-corrected chi connectivity index (χ0v) is 13.8. The number of aromatic nitrogens is 1. The summed E-state index contributed by atoms with van der Waals surface area (Å²) in [6.07, 6.45) is 1.94. The van der Waals surface area contributed by atoms with E-state index in [9.17, 15) is 14.0 Å². The van der Waals surface area contributed by atoms with Gasteiger partial charge in [0.25, 0.3) is 0 Å². The second kappa shape index (κ2) is 7.02. The topological polar surface area (TPSA) is 63.6 Å². The monoisotopic (exact) mass is 325 g/mol. The van der Waals surface area contributed by atoms with E-state index in [2.05, 4.69) is 5.32 Å². The van der Waals surface area contributed by atoms with E-state index >= 15 is 0 Å². The summed E-state index contributed by atoms with van der Waals surface area (Å²) in [5.74, 6) is -0.344. The van der Waals surface area contributed by atoms with Crippen molar-refractivity contribution < 1.29 is 18.7 Å². The standard InChI is InChI=1S/C16H24FN3O3/c1-16(2,3)23-15(22)20-11-12(17)10-13(20)14(21)18-6-9-19-7-4-5-8-19/h4-5,7-8,12-13H,6,9-11H2,1-3H3,(H,18,21)/t12-,13+/m0/s1. The number of carbonyl (C=O) groups is 2. The van der Waals surface area contributed by atoms with Crippen molar-refractivity contribution in [3.05, 3.63) is 24.5 Å². The van der Waals surface area contributed by atoms with Crippen molar-refractivity contribution in [2.75, 3.05) is 13.1 Å². The predicted molar refractivity (Wildman–Crippen MR) is 83.7 cm³/mol. The lowest BCUT2D eigenvalue weighted by molar-refractivity contribution is -0.125. The van der Waals surface area contributed by atoms with Crippen LogP contribution in [0.4, 0.5) is 9.18 Å². The van der Waals surface area contributed by atoms with Crippen LogP contribution in [0.5, 0.6) is 0 Å². The van der Waals surface area contributed by atoms with Crippen LogP contribution in [-0.2, 0) is 16.1 Å². The summed E-state index contributed by atoms with van der Waals surface area (Å²) in [4.78, 5) is 25.6. The second-order valence-electron chi connectivity index (χ2n) is 6.69. The van der Waals surface area contributed by atoms with Crippen LogP contribution in [0, 0.1) is 0 Å². The van der Waals surface area contributed by atoms with E-state index in [4.69, 9.17) is 4.74 Å². The summed E-state index contributed by atoms with van der Waals surface area (Å²) >= 11 is 0. The van der Waals surface area contributed by atoms with Crippen molar-refractivity contribution in [1.82, 2.24) is 14.8 Å². The fraction of sp³-hybridized carbons (Fsp3) is 0.625. The largest absolute Gasteiger partial charge is 0.444 e. The molecule has 1 aromatic rings. The smallest absolute Gasteiger partial charge is 0.411 e. The molecule has 0 bridgehead atoms. The minimum absolute atomic E-state index is 0.00853. The van der Waals surface area contributed by atoms with E-state index in [0.29, 0.717) is 13.1 Å². The summed E-state index contributed by atoms with van der Waals surface area (Å²) < 4.78 is 20.9. The molecule has 2 rings (SSSR count). The zero-order valence-electron chi connectivity index (χ0n) is 13.8. The molecular weight excluding hydrogens is 301 g/mol.